The minimum absolute atomic E-state index is 0.588. The van der Waals surface area contributed by atoms with Crippen molar-refractivity contribution in [2.75, 3.05) is 0 Å². The Morgan fingerprint density at radius 1 is 0.393 bits per heavy atom. The van der Waals surface area contributed by atoms with Crippen molar-refractivity contribution in [1.29, 1.82) is 0 Å². The van der Waals surface area contributed by atoms with Gasteiger partial charge in [0.25, 0.3) is 0 Å². The van der Waals surface area contributed by atoms with Gasteiger partial charge in [-0.15, -0.1) is 0 Å². The molecule has 0 radical (unpaired) electrons. The number of halogens is 1. The van der Waals surface area contributed by atoms with E-state index in [0.717, 1.165) is 0 Å². The fraction of sp³-hybridized carbons (Fsp3) is 0. The molecule has 4 aromatic rings. The fourth-order valence-electron chi connectivity index (χ4n) is 2.83. The van der Waals surface area contributed by atoms with Crippen molar-refractivity contribution < 1.29 is 14.7 Å². The Labute approximate surface area is 178 Å². The number of hydrogen-bond acceptors (Lipinski definition) is 0. The first-order chi connectivity index (χ1) is 13.8. The van der Waals surface area contributed by atoms with Crippen molar-refractivity contribution in [3.05, 3.63) is 121 Å². The first-order valence-corrected chi connectivity index (χ1v) is 17.5. The zero-order valence-corrected chi connectivity index (χ0v) is 19.2. The number of rotatable bonds is 6. The second-order valence-corrected chi connectivity index (χ2v) is 22.2. The molecule has 0 aliphatic heterocycles. The molecule has 0 nitrogen and oxygen atoms in total. The Kier molecular flexibility index (Phi) is 7.10. The van der Waals surface area contributed by atoms with Gasteiger partial charge >= 0.3 is 179 Å². The van der Waals surface area contributed by atoms with Crippen LogP contribution in [0.15, 0.2) is 121 Å². The summed E-state index contributed by atoms with van der Waals surface area (Å²) >= 11 is -1.46. The third kappa shape index (κ3) is 4.63. The monoisotopic (exact) mass is 511 g/mol. The molecule has 0 saturated heterocycles. The van der Waals surface area contributed by atoms with Gasteiger partial charge in [-0.1, -0.05) is 0 Å². The second kappa shape index (κ2) is 9.94. The van der Waals surface area contributed by atoms with Crippen molar-refractivity contribution in [3.63, 3.8) is 0 Å². The van der Waals surface area contributed by atoms with Crippen molar-refractivity contribution in [2.24, 2.45) is 0 Å². The number of benzene rings is 4. The molecule has 0 aliphatic carbocycles. The third-order valence-electron chi connectivity index (χ3n) is 4.10. The summed E-state index contributed by atoms with van der Waals surface area (Å²) in [6.45, 7) is 0. The first kappa shape index (κ1) is 20.0. The molecule has 4 heteroatoms. The van der Waals surface area contributed by atoms with Crippen LogP contribution in [-0.2, 0) is 14.7 Å². The Balaban J connectivity index is 1.84. The van der Waals surface area contributed by atoms with Crippen LogP contribution in [0.4, 0.5) is 0 Å². The molecule has 0 amide bonds. The summed E-state index contributed by atoms with van der Waals surface area (Å²) in [5.41, 5.74) is 0. The standard InChI is InChI=1S/2C12H10P.ClH.Pd/c2*1-3-7-11(8-4-1)13-12-9-5-2-6-10-12;;/h2*1-10H;1H;/q2*-1;;+2/p-1. The fourth-order valence-corrected chi connectivity index (χ4v) is 25.3. The van der Waals surface area contributed by atoms with E-state index in [1.165, 1.54) is 21.2 Å². The molecule has 0 unspecified atom stereocenters. The van der Waals surface area contributed by atoms with Gasteiger partial charge in [0, 0.05) is 0 Å². The van der Waals surface area contributed by atoms with Crippen molar-refractivity contribution in [1.82, 2.24) is 0 Å². The average Bonchev–Trinajstić information content (AvgIpc) is 2.77. The molecule has 0 heterocycles. The van der Waals surface area contributed by atoms with Gasteiger partial charge in [-0.3, -0.25) is 0 Å². The average molecular weight is 512 g/mol. The van der Waals surface area contributed by atoms with E-state index < -0.39 is 27.0 Å². The van der Waals surface area contributed by atoms with E-state index in [1.54, 1.807) is 0 Å². The van der Waals surface area contributed by atoms with Crippen LogP contribution in [0, 0.1) is 0 Å². The zero-order valence-electron chi connectivity index (χ0n) is 15.1. The molecule has 4 aromatic carbocycles. The van der Waals surface area contributed by atoms with Gasteiger partial charge in [0.2, 0.25) is 0 Å². The zero-order chi connectivity index (χ0) is 19.2. The predicted molar refractivity (Wildman–Crippen MR) is 124 cm³/mol. The van der Waals surface area contributed by atoms with E-state index in [2.05, 4.69) is 121 Å². The molecule has 0 N–H and O–H groups in total. The molecule has 0 bridgehead atoms. The molecule has 28 heavy (non-hydrogen) atoms. The van der Waals surface area contributed by atoms with E-state index in [9.17, 15) is 0 Å². The summed E-state index contributed by atoms with van der Waals surface area (Å²) in [6.07, 6.45) is -1.18. The maximum absolute atomic E-state index is 7.53. The van der Waals surface area contributed by atoms with E-state index in [-0.39, 0.29) is 0 Å². The second-order valence-electron chi connectivity index (χ2n) is 6.02. The normalized spacial score (nSPS) is 11.6. The molecule has 0 fully saturated rings. The van der Waals surface area contributed by atoms with Gasteiger partial charge in [-0.2, -0.15) is 0 Å². The molecular formula is C24H20ClP2Pd-. The quantitative estimate of drug-likeness (QED) is 0.225. The molecule has 0 aromatic heterocycles. The van der Waals surface area contributed by atoms with Crippen LogP contribution in [0.1, 0.15) is 0 Å². The summed E-state index contributed by atoms with van der Waals surface area (Å²) in [4.78, 5) is 0. The summed E-state index contributed by atoms with van der Waals surface area (Å²) in [6, 6.07) is 43.4. The third-order valence-corrected chi connectivity index (χ3v) is 24.0. The van der Waals surface area contributed by atoms with Crippen molar-refractivity contribution in [3.8, 4) is 0 Å². The predicted octanol–water partition coefficient (Wildman–Crippen LogP) is 5.85. The molecule has 0 saturated carbocycles. The SMILES string of the molecule is [Cl][Pd-]([P](c1ccccc1)c1ccccc1)[P](c1ccccc1)c1ccccc1. The van der Waals surface area contributed by atoms with Crippen molar-refractivity contribution >= 4 is 43.0 Å². The van der Waals surface area contributed by atoms with Crippen LogP contribution in [0.25, 0.3) is 0 Å². The van der Waals surface area contributed by atoms with Crippen LogP contribution in [0.3, 0.4) is 0 Å². The molecule has 0 atom stereocenters. The van der Waals surface area contributed by atoms with Gasteiger partial charge in [0.1, 0.15) is 0 Å². The Bertz CT molecular complexity index is 820. The van der Waals surface area contributed by atoms with E-state index in [0.29, 0.717) is 0 Å². The van der Waals surface area contributed by atoms with E-state index >= 15 is 0 Å². The van der Waals surface area contributed by atoms with E-state index in [1.807, 2.05) is 0 Å². The van der Waals surface area contributed by atoms with Crippen LogP contribution in [-0.4, -0.2) is 0 Å². The van der Waals surface area contributed by atoms with E-state index in [4.69, 9.17) is 9.53 Å². The Morgan fingerprint density at radius 2 is 0.607 bits per heavy atom. The van der Waals surface area contributed by atoms with Gasteiger partial charge in [-0.05, 0) is 0 Å². The summed E-state index contributed by atoms with van der Waals surface area (Å²) < 4.78 is 0. The van der Waals surface area contributed by atoms with Gasteiger partial charge in [0.15, 0.2) is 0 Å². The minimum atomic E-state index is -1.46. The summed E-state index contributed by atoms with van der Waals surface area (Å²) in [5.74, 6) is 0. The molecule has 0 spiro atoms. The van der Waals surface area contributed by atoms with Crippen LogP contribution < -0.4 is 21.2 Å². The summed E-state index contributed by atoms with van der Waals surface area (Å²) in [7, 11) is 7.53. The molecule has 144 valence electrons. The molecule has 4 rings (SSSR count). The van der Waals surface area contributed by atoms with Crippen LogP contribution >= 0.6 is 21.8 Å². The van der Waals surface area contributed by atoms with Gasteiger partial charge < -0.3 is 0 Å². The Morgan fingerprint density at radius 3 is 0.821 bits per heavy atom. The van der Waals surface area contributed by atoms with Crippen LogP contribution in [0.2, 0.25) is 0 Å². The van der Waals surface area contributed by atoms with Gasteiger partial charge in [0.05, 0.1) is 0 Å². The van der Waals surface area contributed by atoms with Gasteiger partial charge in [-0.25, -0.2) is 0 Å². The molecular weight excluding hydrogens is 492 g/mol. The maximum atomic E-state index is 7.53. The Hall–Kier alpha value is -1.31. The summed E-state index contributed by atoms with van der Waals surface area (Å²) in [5, 5.41) is 5.50. The van der Waals surface area contributed by atoms with Crippen molar-refractivity contribution in [2.45, 2.75) is 0 Å². The van der Waals surface area contributed by atoms with Crippen LogP contribution in [0.5, 0.6) is 0 Å². The topological polar surface area (TPSA) is 0 Å². The first-order valence-electron chi connectivity index (χ1n) is 8.94. The number of hydrogen-bond donors (Lipinski definition) is 0. The molecule has 0 aliphatic rings.